The summed E-state index contributed by atoms with van der Waals surface area (Å²) in [4.78, 5) is 19.7. The molecule has 2 aromatic heterocycles. The van der Waals surface area contributed by atoms with Crippen molar-refractivity contribution in [3.05, 3.63) is 65.6 Å². The molecule has 1 atom stereocenters. The third kappa shape index (κ3) is 4.10. The number of carbonyl (C=O) groups is 1. The molecule has 7 heteroatoms. The van der Waals surface area contributed by atoms with Gasteiger partial charge in [0.25, 0.3) is 5.91 Å². The zero-order chi connectivity index (χ0) is 21.1. The van der Waals surface area contributed by atoms with Crippen LogP contribution >= 0.6 is 0 Å². The van der Waals surface area contributed by atoms with Gasteiger partial charge in [0.2, 0.25) is 5.89 Å². The monoisotopic (exact) mass is 408 g/mol. The number of hydrogen-bond donors (Lipinski definition) is 0. The van der Waals surface area contributed by atoms with E-state index in [0.717, 1.165) is 36.3 Å². The van der Waals surface area contributed by atoms with Crippen LogP contribution in [0.3, 0.4) is 0 Å². The van der Waals surface area contributed by atoms with Crippen LogP contribution < -0.4 is 4.74 Å². The number of oxazole rings is 1. The Labute approximate surface area is 176 Å². The minimum atomic E-state index is -0.152. The molecule has 1 amide bonds. The Hall–Kier alpha value is -3.09. The van der Waals surface area contributed by atoms with Gasteiger partial charge in [0.1, 0.15) is 23.2 Å². The highest BCUT2D eigenvalue weighted by atomic mass is 16.5. The molecule has 1 aromatic carbocycles. The van der Waals surface area contributed by atoms with Crippen molar-refractivity contribution in [2.75, 3.05) is 13.7 Å². The van der Waals surface area contributed by atoms with Crippen LogP contribution in [0.15, 0.2) is 47.1 Å². The van der Waals surface area contributed by atoms with Gasteiger partial charge in [-0.05, 0) is 56.9 Å². The van der Waals surface area contributed by atoms with Crippen LogP contribution in [0.1, 0.15) is 72.9 Å². The van der Waals surface area contributed by atoms with Crippen LogP contribution in [-0.2, 0) is 6.42 Å². The number of nitrogens with zero attached hydrogens (tertiary/aromatic N) is 4. The van der Waals surface area contributed by atoms with Crippen molar-refractivity contribution < 1.29 is 13.9 Å². The fourth-order valence-corrected chi connectivity index (χ4v) is 4.02. The number of rotatable bonds is 6. The molecule has 1 fully saturated rings. The summed E-state index contributed by atoms with van der Waals surface area (Å²) in [6.07, 6.45) is 6.96. The van der Waals surface area contributed by atoms with Crippen LogP contribution in [0.5, 0.6) is 5.75 Å². The fraction of sp³-hybridized carbons (Fsp3) is 0.435. The van der Waals surface area contributed by atoms with Gasteiger partial charge in [-0.3, -0.25) is 9.48 Å². The highest BCUT2D eigenvalue weighted by Gasteiger charge is 2.33. The molecule has 0 saturated carbocycles. The van der Waals surface area contributed by atoms with E-state index in [1.807, 2.05) is 43.0 Å². The van der Waals surface area contributed by atoms with E-state index in [-0.39, 0.29) is 18.0 Å². The smallest absolute Gasteiger partial charge is 0.272 e. The number of amides is 1. The van der Waals surface area contributed by atoms with Crippen LogP contribution in [0, 0.1) is 0 Å². The summed E-state index contributed by atoms with van der Waals surface area (Å²) in [5, 5.41) is 4.31. The number of benzene rings is 1. The molecule has 0 spiro atoms. The quantitative estimate of drug-likeness (QED) is 0.604. The van der Waals surface area contributed by atoms with Crippen molar-refractivity contribution >= 4 is 5.91 Å². The fourth-order valence-electron chi connectivity index (χ4n) is 4.02. The first kappa shape index (κ1) is 20.2. The molecule has 0 bridgehead atoms. The summed E-state index contributed by atoms with van der Waals surface area (Å²) in [7, 11) is 1.66. The average molecular weight is 409 g/mol. The first-order valence-corrected chi connectivity index (χ1v) is 10.5. The lowest BCUT2D eigenvalue weighted by atomic mass is 10.0. The van der Waals surface area contributed by atoms with Crippen molar-refractivity contribution in [2.24, 2.45) is 0 Å². The van der Waals surface area contributed by atoms with E-state index < -0.39 is 0 Å². The molecule has 30 heavy (non-hydrogen) atoms. The lowest BCUT2D eigenvalue weighted by molar-refractivity contribution is 0.0555. The highest BCUT2D eigenvalue weighted by Crippen LogP contribution is 2.32. The number of likely N-dealkylation sites (tertiary alicyclic amines) is 1. The predicted octanol–water partition coefficient (Wildman–Crippen LogP) is 4.42. The third-order valence-electron chi connectivity index (χ3n) is 5.51. The predicted molar refractivity (Wildman–Crippen MR) is 113 cm³/mol. The Balaban J connectivity index is 1.54. The number of hydrogen-bond acceptors (Lipinski definition) is 5. The maximum absolute atomic E-state index is 13.3. The first-order valence-electron chi connectivity index (χ1n) is 10.5. The van der Waals surface area contributed by atoms with E-state index in [9.17, 15) is 4.79 Å². The molecule has 4 rings (SSSR count). The topological polar surface area (TPSA) is 73.4 Å². The van der Waals surface area contributed by atoms with Gasteiger partial charge >= 0.3 is 0 Å². The van der Waals surface area contributed by atoms with Crippen LogP contribution in [-0.4, -0.2) is 39.2 Å². The number of piperidine rings is 1. The zero-order valence-corrected chi connectivity index (χ0v) is 17.7. The average Bonchev–Trinajstić information content (AvgIpc) is 3.43. The van der Waals surface area contributed by atoms with Crippen molar-refractivity contribution in [3.63, 3.8) is 0 Å². The van der Waals surface area contributed by atoms with E-state index in [4.69, 9.17) is 9.15 Å². The molecule has 1 aliphatic rings. The molecular formula is C23H28N4O3. The van der Waals surface area contributed by atoms with Crippen LogP contribution in [0.25, 0.3) is 0 Å². The summed E-state index contributed by atoms with van der Waals surface area (Å²) in [5.74, 6) is 2.19. The number of ether oxygens (including phenoxy) is 1. The van der Waals surface area contributed by atoms with E-state index in [0.29, 0.717) is 24.6 Å². The summed E-state index contributed by atoms with van der Waals surface area (Å²) >= 11 is 0. The van der Waals surface area contributed by atoms with Gasteiger partial charge in [-0.1, -0.05) is 12.1 Å². The molecule has 7 nitrogen and oxygen atoms in total. The standard InChI is InChI=1S/C23H28N4O3/c1-16(2)27-21(10-11-25-27)23(28)26-12-5-4-9-20(26)22-24-15-19(30-22)14-17-7-6-8-18(13-17)29-3/h6-8,10-11,13,15-16,20H,4-5,9,12,14H2,1-3H3. The van der Waals surface area contributed by atoms with Gasteiger partial charge in [-0.25, -0.2) is 4.98 Å². The Kier molecular flexibility index (Phi) is 5.88. The Morgan fingerprint density at radius 2 is 2.17 bits per heavy atom. The van der Waals surface area contributed by atoms with Gasteiger partial charge in [0, 0.05) is 25.2 Å². The maximum atomic E-state index is 13.3. The molecule has 0 N–H and O–H groups in total. The number of carbonyl (C=O) groups excluding carboxylic acids is 1. The summed E-state index contributed by atoms with van der Waals surface area (Å²) in [6, 6.07) is 9.67. The third-order valence-corrected chi connectivity index (χ3v) is 5.51. The minimum Gasteiger partial charge on any atom is -0.497 e. The SMILES string of the molecule is COc1cccc(Cc2cnc(C3CCCCN3C(=O)c3ccnn3C(C)C)o2)c1. The zero-order valence-electron chi connectivity index (χ0n) is 17.7. The van der Waals surface area contributed by atoms with Crippen molar-refractivity contribution in [2.45, 2.75) is 51.6 Å². The lowest BCUT2D eigenvalue weighted by Crippen LogP contribution is -2.39. The normalized spacial score (nSPS) is 16.8. The van der Waals surface area contributed by atoms with Gasteiger partial charge in [-0.15, -0.1) is 0 Å². The van der Waals surface area contributed by atoms with Gasteiger partial charge in [0.05, 0.1) is 13.3 Å². The van der Waals surface area contributed by atoms with Gasteiger partial charge in [-0.2, -0.15) is 5.10 Å². The van der Waals surface area contributed by atoms with E-state index >= 15 is 0 Å². The molecule has 1 saturated heterocycles. The molecule has 3 heterocycles. The van der Waals surface area contributed by atoms with Gasteiger partial charge in [0.15, 0.2) is 0 Å². The molecule has 1 unspecified atom stereocenters. The maximum Gasteiger partial charge on any atom is 0.272 e. The highest BCUT2D eigenvalue weighted by molar-refractivity contribution is 5.92. The molecule has 158 valence electrons. The molecule has 1 aliphatic heterocycles. The van der Waals surface area contributed by atoms with E-state index in [1.54, 1.807) is 30.3 Å². The largest absolute Gasteiger partial charge is 0.497 e. The number of aromatic nitrogens is 3. The van der Waals surface area contributed by atoms with Crippen LogP contribution in [0.2, 0.25) is 0 Å². The molecule has 0 radical (unpaired) electrons. The number of methoxy groups -OCH3 is 1. The van der Waals surface area contributed by atoms with Crippen molar-refractivity contribution in [3.8, 4) is 5.75 Å². The lowest BCUT2D eigenvalue weighted by Gasteiger charge is -2.34. The minimum absolute atomic E-state index is 0.0153. The second-order valence-electron chi connectivity index (χ2n) is 7.96. The van der Waals surface area contributed by atoms with Gasteiger partial charge < -0.3 is 14.1 Å². The van der Waals surface area contributed by atoms with Crippen molar-refractivity contribution in [1.82, 2.24) is 19.7 Å². The van der Waals surface area contributed by atoms with E-state index in [1.165, 1.54) is 0 Å². The first-order chi connectivity index (χ1) is 14.6. The Bertz CT molecular complexity index is 1010. The second kappa shape index (κ2) is 8.73. The Morgan fingerprint density at radius 3 is 2.97 bits per heavy atom. The summed E-state index contributed by atoms with van der Waals surface area (Å²) in [5.41, 5.74) is 1.70. The van der Waals surface area contributed by atoms with E-state index in [2.05, 4.69) is 10.1 Å². The van der Waals surface area contributed by atoms with Crippen molar-refractivity contribution in [1.29, 1.82) is 0 Å². The molecular weight excluding hydrogens is 380 g/mol. The summed E-state index contributed by atoms with van der Waals surface area (Å²) in [6.45, 7) is 4.74. The van der Waals surface area contributed by atoms with Crippen LogP contribution in [0.4, 0.5) is 0 Å². The molecule has 0 aliphatic carbocycles. The molecule has 3 aromatic rings. The Morgan fingerprint density at radius 1 is 1.30 bits per heavy atom. The summed E-state index contributed by atoms with van der Waals surface area (Å²) < 4.78 is 13.2. The second-order valence-corrected chi connectivity index (χ2v) is 7.96.